The van der Waals surface area contributed by atoms with E-state index in [4.69, 9.17) is 33.1 Å². The number of benzene rings is 4. The molecule has 0 atom stereocenters. The molecule has 0 aliphatic carbocycles. The van der Waals surface area contributed by atoms with Crippen LogP contribution >= 0.6 is 0 Å². The molecule has 292 valence electrons. The van der Waals surface area contributed by atoms with Crippen molar-refractivity contribution in [2.24, 2.45) is 0 Å². The van der Waals surface area contributed by atoms with Crippen LogP contribution in [0, 0.1) is 0 Å². The number of hydrogen-bond acceptors (Lipinski definition) is 13. The molecule has 57 heavy (non-hydrogen) atoms. The molecule has 6 aromatic rings. The second-order valence-electron chi connectivity index (χ2n) is 13.3. The quantitative estimate of drug-likeness (QED) is 0.206. The Bertz CT molecular complexity index is 2280. The predicted molar refractivity (Wildman–Crippen MR) is 209 cm³/mol. The first-order chi connectivity index (χ1) is 28.0. The van der Waals surface area contributed by atoms with E-state index in [1.165, 1.54) is 17.4 Å². The lowest BCUT2D eigenvalue weighted by Gasteiger charge is -2.35. The first-order valence-electron chi connectivity index (χ1n) is 18.6. The maximum Gasteiger partial charge on any atom is 0.358 e. The van der Waals surface area contributed by atoms with Gasteiger partial charge >= 0.3 is 5.97 Å². The Morgan fingerprint density at radius 3 is 1.53 bits per heavy atom. The van der Waals surface area contributed by atoms with Crippen LogP contribution in [0.3, 0.4) is 0 Å². The molecule has 2 saturated heterocycles. The van der Waals surface area contributed by atoms with Crippen LogP contribution in [-0.2, 0) is 0 Å². The number of anilines is 2. The van der Waals surface area contributed by atoms with Crippen molar-refractivity contribution in [3.05, 3.63) is 121 Å². The van der Waals surface area contributed by atoms with Crippen molar-refractivity contribution in [2.75, 3.05) is 75.7 Å². The molecular weight excluding hydrogens is 732 g/mol. The van der Waals surface area contributed by atoms with E-state index in [2.05, 4.69) is 67.9 Å². The number of aromatic nitrogens is 2. The third kappa shape index (κ3) is 8.79. The molecule has 0 bridgehead atoms. The van der Waals surface area contributed by atoms with Gasteiger partial charge in [0.05, 0.1) is 0 Å². The molecule has 4 aromatic carbocycles. The number of nitrogens with one attached hydrogen (secondary N) is 1. The summed E-state index contributed by atoms with van der Waals surface area (Å²) >= 11 is 0. The summed E-state index contributed by atoms with van der Waals surface area (Å²) < 4.78 is 31.4. The van der Waals surface area contributed by atoms with Crippen molar-refractivity contribution in [3.63, 3.8) is 0 Å². The molecule has 15 nitrogen and oxygen atoms in total. The van der Waals surface area contributed by atoms with Crippen molar-refractivity contribution in [3.8, 4) is 45.6 Å². The SMILES string of the molecule is O=C(O)c1cc(-c2ccc3c(c2)OCO3)on1.O=C(c1cc(-c2ccc3c(c2)OCO3)on1)N1CCN(c2ccccc2)CC1.c1ccc(N2CCNCC2)cc1. The maximum atomic E-state index is 12.8. The fourth-order valence-corrected chi connectivity index (χ4v) is 6.65. The molecule has 4 aliphatic heterocycles. The number of rotatable bonds is 6. The predicted octanol–water partition coefficient (Wildman–Crippen LogP) is 5.90. The van der Waals surface area contributed by atoms with E-state index < -0.39 is 5.97 Å². The van der Waals surface area contributed by atoms with Crippen LogP contribution in [0.1, 0.15) is 21.0 Å². The van der Waals surface area contributed by atoms with Gasteiger partial charge in [-0.15, -0.1) is 0 Å². The molecule has 15 heteroatoms. The molecule has 2 N–H and O–H groups in total. The summed E-state index contributed by atoms with van der Waals surface area (Å²) in [5, 5.41) is 19.5. The Labute approximate surface area is 327 Å². The van der Waals surface area contributed by atoms with E-state index >= 15 is 0 Å². The molecule has 6 heterocycles. The number of amides is 1. The standard InChI is InChI=1S/C21H19N3O4.C11H7NO5.C10H14N2/c25-21(24-10-8-23(9-11-24)16-4-2-1-3-5-16)17-13-19(28-22-17)15-6-7-18-20(12-15)27-14-26-18;13-11(14)7-4-9(17-12-7)6-1-2-8-10(3-6)16-5-15-8;1-2-4-10(5-3-1)12-8-6-11-7-9-12/h1-7,12-13H,8-11,14H2;1-4H,5H2,(H,13,14);1-5,11H,6-9H2. The Kier molecular flexibility index (Phi) is 11.2. The molecule has 0 spiro atoms. The van der Waals surface area contributed by atoms with E-state index in [1.807, 2.05) is 41.3 Å². The highest BCUT2D eigenvalue weighted by Gasteiger charge is 2.26. The Morgan fingerprint density at radius 2 is 1.02 bits per heavy atom. The Hall–Kier alpha value is -7.00. The Balaban J connectivity index is 0.000000133. The normalized spacial score (nSPS) is 15.3. The molecule has 0 unspecified atom stereocenters. The van der Waals surface area contributed by atoms with Crippen molar-refractivity contribution >= 4 is 23.3 Å². The number of aromatic carboxylic acids is 1. The fraction of sp³-hybridized carbons (Fsp3) is 0.238. The summed E-state index contributed by atoms with van der Waals surface area (Å²) in [5.41, 5.74) is 4.21. The number of carboxylic acids is 1. The van der Waals surface area contributed by atoms with Gasteiger partial charge < -0.3 is 53.1 Å². The molecule has 0 saturated carbocycles. The summed E-state index contributed by atoms with van der Waals surface area (Å²) in [5.74, 6) is 2.31. The average Bonchev–Trinajstić information content (AvgIpc) is 4.12. The van der Waals surface area contributed by atoms with E-state index in [0.29, 0.717) is 58.9 Å². The van der Waals surface area contributed by atoms with Gasteiger partial charge in [-0.1, -0.05) is 46.7 Å². The summed E-state index contributed by atoms with van der Waals surface area (Å²) in [4.78, 5) is 30.0. The number of piperazine rings is 2. The minimum atomic E-state index is -1.12. The third-order valence-corrected chi connectivity index (χ3v) is 9.70. The second kappa shape index (κ2) is 17.2. The molecule has 1 amide bonds. The molecule has 10 rings (SSSR count). The topological polar surface area (TPSA) is 165 Å². The monoisotopic (exact) mass is 772 g/mol. The van der Waals surface area contributed by atoms with E-state index in [1.54, 1.807) is 24.3 Å². The van der Waals surface area contributed by atoms with Gasteiger partial charge in [-0.05, 0) is 60.7 Å². The number of fused-ring (bicyclic) bond motifs is 2. The summed E-state index contributed by atoms with van der Waals surface area (Å²) in [6, 6.07) is 34.6. The fourth-order valence-electron chi connectivity index (χ4n) is 6.65. The van der Waals surface area contributed by atoms with Crippen LogP contribution < -0.4 is 34.1 Å². The summed E-state index contributed by atoms with van der Waals surface area (Å²) in [6.45, 7) is 7.77. The van der Waals surface area contributed by atoms with Crippen molar-refractivity contribution < 1.29 is 42.7 Å². The highest BCUT2D eigenvalue weighted by molar-refractivity contribution is 5.93. The largest absolute Gasteiger partial charge is 0.476 e. The molecule has 0 radical (unpaired) electrons. The minimum absolute atomic E-state index is 0.108. The van der Waals surface area contributed by atoms with Crippen molar-refractivity contribution in [1.29, 1.82) is 0 Å². The van der Waals surface area contributed by atoms with Gasteiger partial charge in [0.15, 0.2) is 45.9 Å². The second-order valence-corrected chi connectivity index (χ2v) is 13.3. The molecule has 4 aliphatic rings. The highest BCUT2D eigenvalue weighted by Crippen LogP contribution is 2.37. The van der Waals surface area contributed by atoms with E-state index in [0.717, 1.165) is 44.8 Å². The molecule has 2 fully saturated rings. The van der Waals surface area contributed by atoms with Crippen LogP contribution in [0.25, 0.3) is 22.6 Å². The first-order valence-corrected chi connectivity index (χ1v) is 18.6. The number of ether oxygens (including phenoxy) is 4. The van der Waals surface area contributed by atoms with Crippen LogP contribution in [0.15, 0.2) is 118 Å². The van der Waals surface area contributed by atoms with Gasteiger partial charge in [0.1, 0.15) is 0 Å². The lowest BCUT2D eigenvalue weighted by Crippen LogP contribution is -2.48. The number of para-hydroxylation sites is 2. The lowest BCUT2D eigenvalue weighted by atomic mass is 10.1. The number of carbonyl (C=O) groups excluding carboxylic acids is 1. The van der Waals surface area contributed by atoms with Crippen LogP contribution in [0.2, 0.25) is 0 Å². The zero-order chi connectivity index (χ0) is 39.0. The van der Waals surface area contributed by atoms with Gasteiger partial charge in [-0.2, -0.15) is 0 Å². The van der Waals surface area contributed by atoms with Crippen LogP contribution in [-0.4, -0.2) is 98.1 Å². The van der Waals surface area contributed by atoms with Gasteiger partial charge in [-0.25, -0.2) is 4.79 Å². The highest BCUT2D eigenvalue weighted by atomic mass is 16.7. The third-order valence-electron chi connectivity index (χ3n) is 9.70. The van der Waals surface area contributed by atoms with Crippen LogP contribution in [0.4, 0.5) is 11.4 Å². The number of carbonyl (C=O) groups is 2. The zero-order valence-electron chi connectivity index (χ0n) is 30.9. The van der Waals surface area contributed by atoms with Gasteiger partial charge in [-0.3, -0.25) is 4.79 Å². The zero-order valence-corrected chi connectivity index (χ0v) is 30.9. The number of carboxylic acid groups (broad SMARTS) is 1. The van der Waals surface area contributed by atoms with E-state index in [-0.39, 0.29) is 25.2 Å². The van der Waals surface area contributed by atoms with Crippen molar-refractivity contribution in [1.82, 2.24) is 20.5 Å². The first kappa shape index (κ1) is 36.9. The maximum absolute atomic E-state index is 12.8. The number of hydrogen-bond donors (Lipinski definition) is 2. The summed E-state index contributed by atoms with van der Waals surface area (Å²) in [6.07, 6.45) is 0. The molecule has 2 aromatic heterocycles. The van der Waals surface area contributed by atoms with E-state index in [9.17, 15) is 9.59 Å². The molecular formula is C42H40N6O9. The van der Waals surface area contributed by atoms with Gasteiger partial charge in [0.25, 0.3) is 5.91 Å². The van der Waals surface area contributed by atoms with Gasteiger partial charge in [0.2, 0.25) is 13.6 Å². The van der Waals surface area contributed by atoms with Crippen molar-refractivity contribution in [2.45, 2.75) is 0 Å². The number of nitrogens with zero attached hydrogens (tertiary/aromatic N) is 5. The smallest absolute Gasteiger partial charge is 0.358 e. The minimum Gasteiger partial charge on any atom is -0.476 e. The summed E-state index contributed by atoms with van der Waals surface area (Å²) in [7, 11) is 0. The van der Waals surface area contributed by atoms with Gasteiger partial charge in [0, 0.05) is 87.0 Å². The Morgan fingerprint density at radius 1 is 0.544 bits per heavy atom. The average molecular weight is 773 g/mol. The van der Waals surface area contributed by atoms with Crippen LogP contribution in [0.5, 0.6) is 23.0 Å². The lowest BCUT2D eigenvalue weighted by molar-refractivity contribution is 0.0684.